The Bertz CT molecular complexity index is 1220. The van der Waals surface area contributed by atoms with Crippen LogP contribution >= 0.6 is 11.6 Å². The van der Waals surface area contributed by atoms with E-state index in [-0.39, 0.29) is 17.3 Å². The Morgan fingerprint density at radius 2 is 1.90 bits per heavy atom. The number of pyridine rings is 1. The molecule has 30 heavy (non-hydrogen) atoms. The van der Waals surface area contributed by atoms with Gasteiger partial charge in [0.05, 0.1) is 16.3 Å². The number of hydrogen-bond donors (Lipinski definition) is 0. The first-order chi connectivity index (χ1) is 14.3. The number of fused-ring (bicyclic) bond motifs is 1. The molecule has 1 aromatic carbocycles. The zero-order valence-electron chi connectivity index (χ0n) is 16.7. The van der Waals surface area contributed by atoms with Gasteiger partial charge in [-0.15, -0.1) is 0 Å². The molecule has 1 aliphatic heterocycles. The standard InChI is InChI=1S/C20H22ClN5O3S/c1-14-17-12-15(13-22-19(17)24(2)23-14)30(28,29)26-9-5-8-25(10-11-26)20(27)16-6-3-4-7-18(16)21/h3-4,6-7,12-13H,5,8-11H2,1-2H3. The molecule has 1 saturated heterocycles. The van der Waals surface area contributed by atoms with Crippen LogP contribution in [-0.2, 0) is 17.1 Å². The number of aryl methyl sites for hydroxylation is 2. The molecule has 0 N–H and O–H groups in total. The van der Waals surface area contributed by atoms with Crippen LogP contribution in [0.25, 0.3) is 11.0 Å². The summed E-state index contributed by atoms with van der Waals surface area (Å²) in [7, 11) is -1.96. The average Bonchev–Trinajstić information content (AvgIpc) is 2.90. The van der Waals surface area contributed by atoms with E-state index in [0.29, 0.717) is 47.7 Å². The number of carbonyl (C=O) groups is 1. The molecule has 158 valence electrons. The van der Waals surface area contributed by atoms with Crippen molar-refractivity contribution in [2.75, 3.05) is 26.2 Å². The fourth-order valence-corrected chi connectivity index (χ4v) is 5.38. The molecule has 0 radical (unpaired) electrons. The number of amides is 1. The van der Waals surface area contributed by atoms with Crippen LogP contribution in [0, 0.1) is 6.92 Å². The molecule has 0 atom stereocenters. The van der Waals surface area contributed by atoms with E-state index >= 15 is 0 Å². The molecule has 1 fully saturated rings. The number of hydrogen-bond acceptors (Lipinski definition) is 5. The molecule has 0 unspecified atom stereocenters. The Balaban J connectivity index is 1.56. The topological polar surface area (TPSA) is 88.4 Å². The minimum absolute atomic E-state index is 0.136. The molecule has 1 amide bonds. The molecule has 4 rings (SSSR count). The molecule has 0 aliphatic carbocycles. The monoisotopic (exact) mass is 447 g/mol. The Hall–Kier alpha value is -2.49. The van der Waals surface area contributed by atoms with Crippen molar-refractivity contribution in [1.29, 1.82) is 0 Å². The Kier molecular flexibility index (Phi) is 5.52. The van der Waals surface area contributed by atoms with Crippen LogP contribution in [0.2, 0.25) is 5.02 Å². The first kappa shape index (κ1) is 20.8. The molecule has 2 aromatic heterocycles. The van der Waals surface area contributed by atoms with Crippen molar-refractivity contribution >= 4 is 38.6 Å². The molecule has 3 heterocycles. The van der Waals surface area contributed by atoms with Crippen molar-refractivity contribution in [3.63, 3.8) is 0 Å². The summed E-state index contributed by atoms with van der Waals surface area (Å²) in [6.07, 6.45) is 1.91. The third-order valence-electron chi connectivity index (χ3n) is 5.32. The van der Waals surface area contributed by atoms with Crippen molar-refractivity contribution < 1.29 is 13.2 Å². The second kappa shape index (κ2) is 7.98. The van der Waals surface area contributed by atoms with E-state index in [4.69, 9.17) is 11.6 Å². The molecule has 10 heteroatoms. The first-order valence-corrected chi connectivity index (χ1v) is 11.4. The summed E-state index contributed by atoms with van der Waals surface area (Å²) < 4.78 is 29.5. The van der Waals surface area contributed by atoms with Gasteiger partial charge in [-0.2, -0.15) is 9.40 Å². The van der Waals surface area contributed by atoms with E-state index in [1.165, 1.54) is 10.5 Å². The predicted octanol–water partition coefficient (Wildman–Crippen LogP) is 2.47. The van der Waals surface area contributed by atoms with Crippen molar-refractivity contribution in [3.05, 3.63) is 52.8 Å². The molecule has 8 nitrogen and oxygen atoms in total. The van der Waals surface area contributed by atoms with Gasteiger partial charge < -0.3 is 4.90 Å². The van der Waals surface area contributed by atoms with Crippen molar-refractivity contribution in [1.82, 2.24) is 24.0 Å². The largest absolute Gasteiger partial charge is 0.337 e. The van der Waals surface area contributed by atoms with Crippen LogP contribution < -0.4 is 0 Å². The minimum atomic E-state index is -3.74. The molecule has 0 spiro atoms. The van der Waals surface area contributed by atoms with E-state index < -0.39 is 10.0 Å². The normalized spacial score (nSPS) is 16.0. The number of benzene rings is 1. The fourth-order valence-electron chi connectivity index (χ4n) is 3.72. The van der Waals surface area contributed by atoms with Crippen LogP contribution in [0.3, 0.4) is 0 Å². The van der Waals surface area contributed by atoms with Gasteiger partial charge in [0.1, 0.15) is 4.90 Å². The van der Waals surface area contributed by atoms with Gasteiger partial charge in [-0.1, -0.05) is 23.7 Å². The molecule has 3 aromatic rings. The van der Waals surface area contributed by atoms with Crippen molar-refractivity contribution in [3.8, 4) is 0 Å². The van der Waals surface area contributed by atoms with Gasteiger partial charge in [0.15, 0.2) is 5.65 Å². The number of sulfonamides is 1. The van der Waals surface area contributed by atoms with Gasteiger partial charge in [-0.05, 0) is 31.5 Å². The number of halogens is 1. The van der Waals surface area contributed by atoms with Crippen LogP contribution in [0.4, 0.5) is 0 Å². The first-order valence-electron chi connectivity index (χ1n) is 9.62. The summed E-state index contributed by atoms with van der Waals surface area (Å²) in [5, 5.41) is 5.40. The number of aromatic nitrogens is 3. The maximum absolute atomic E-state index is 13.2. The second-order valence-corrected chi connectivity index (χ2v) is 9.63. The van der Waals surface area contributed by atoms with Gasteiger partial charge in [-0.25, -0.2) is 13.4 Å². The smallest absolute Gasteiger partial charge is 0.255 e. The Morgan fingerprint density at radius 1 is 1.13 bits per heavy atom. The third kappa shape index (κ3) is 3.68. The lowest BCUT2D eigenvalue weighted by Gasteiger charge is -2.22. The summed E-state index contributed by atoms with van der Waals surface area (Å²) in [6.45, 7) is 3.13. The zero-order chi connectivity index (χ0) is 21.5. The van der Waals surface area contributed by atoms with Gasteiger partial charge in [-0.3, -0.25) is 9.48 Å². The fraction of sp³-hybridized carbons (Fsp3) is 0.350. The van der Waals surface area contributed by atoms with Gasteiger partial charge in [0, 0.05) is 44.8 Å². The van der Waals surface area contributed by atoms with E-state index in [9.17, 15) is 13.2 Å². The van der Waals surface area contributed by atoms with Crippen LogP contribution in [0.5, 0.6) is 0 Å². The Labute approximate surface area is 180 Å². The summed E-state index contributed by atoms with van der Waals surface area (Å²) in [5.74, 6) is -0.186. The highest BCUT2D eigenvalue weighted by molar-refractivity contribution is 7.89. The maximum Gasteiger partial charge on any atom is 0.255 e. The lowest BCUT2D eigenvalue weighted by atomic mass is 10.2. The summed E-state index contributed by atoms with van der Waals surface area (Å²) in [5.41, 5.74) is 1.79. The predicted molar refractivity (Wildman–Crippen MR) is 114 cm³/mol. The number of nitrogens with zero attached hydrogens (tertiary/aromatic N) is 5. The van der Waals surface area contributed by atoms with E-state index in [1.807, 2.05) is 6.92 Å². The molecule has 1 aliphatic rings. The maximum atomic E-state index is 13.2. The van der Waals surface area contributed by atoms with Gasteiger partial charge in [0.2, 0.25) is 10.0 Å². The molecule has 0 saturated carbocycles. The van der Waals surface area contributed by atoms with Gasteiger partial charge in [0.25, 0.3) is 5.91 Å². The third-order valence-corrected chi connectivity index (χ3v) is 7.52. The van der Waals surface area contributed by atoms with Crippen LogP contribution in [0.1, 0.15) is 22.5 Å². The quantitative estimate of drug-likeness (QED) is 0.615. The Morgan fingerprint density at radius 3 is 2.67 bits per heavy atom. The van der Waals surface area contributed by atoms with Crippen LogP contribution in [-0.4, -0.2) is 64.5 Å². The SMILES string of the molecule is Cc1nn(C)c2ncc(S(=O)(=O)N3CCCN(C(=O)c4ccccc4Cl)CC3)cc12. The zero-order valence-corrected chi connectivity index (χ0v) is 18.3. The average molecular weight is 448 g/mol. The van der Waals surface area contributed by atoms with Crippen LogP contribution in [0.15, 0.2) is 41.4 Å². The van der Waals surface area contributed by atoms with E-state index in [1.54, 1.807) is 47.0 Å². The van der Waals surface area contributed by atoms with Gasteiger partial charge >= 0.3 is 0 Å². The number of carbonyl (C=O) groups excluding carboxylic acids is 1. The summed E-state index contributed by atoms with van der Waals surface area (Å²) in [6, 6.07) is 8.51. The lowest BCUT2D eigenvalue weighted by molar-refractivity contribution is 0.0764. The molecular weight excluding hydrogens is 426 g/mol. The second-order valence-electron chi connectivity index (χ2n) is 7.28. The van der Waals surface area contributed by atoms with Crippen molar-refractivity contribution in [2.45, 2.75) is 18.2 Å². The molecular formula is C20H22ClN5O3S. The molecule has 0 bridgehead atoms. The highest BCUT2D eigenvalue weighted by atomic mass is 35.5. The highest BCUT2D eigenvalue weighted by Gasteiger charge is 2.29. The summed E-state index contributed by atoms with van der Waals surface area (Å²) >= 11 is 6.16. The number of rotatable bonds is 3. The lowest BCUT2D eigenvalue weighted by Crippen LogP contribution is -2.37. The van der Waals surface area contributed by atoms with E-state index in [0.717, 1.165) is 5.69 Å². The van der Waals surface area contributed by atoms with E-state index in [2.05, 4.69) is 10.1 Å². The van der Waals surface area contributed by atoms with Crippen molar-refractivity contribution in [2.24, 2.45) is 7.05 Å². The minimum Gasteiger partial charge on any atom is -0.337 e. The highest BCUT2D eigenvalue weighted by Crippen LogP contribution is 2.24. The summed E-state index contributed by atoms with van der Waals surface area (Å²) in [4.78, 5) is 18.9.